The van der Waals surface area contributed by atoms with Crippen LogP contribution in [-0.2, 0) is 0 Å². The maximum absolute atomic E-state index is 12.4. The lowest BCUT2D eigenvalue weighted by atomic mass is 9.98. The zero-order valence-electron chi connectivity index (χ0n) is 14.4. The monoisotopic (exact) mass is 327 g/mol. The highest BCUT2D eigenvalue weighted by Gasteiger charge is 2.21. The molecule has 3 rings (SSSR count). The molecular weight excluding hydrogens is 302 g/mol. The van der Waals surface area contributed by atoms with Crippen LogP contribution in [0, 0.1) is 5.92 Å². The van der Waals surface area contributed by atoms with Crippen LogP contribution in [0.15, 0.2) is 42.7 Å². The molecule has 1 atom stereocenters. The van der Waals surface area contributed by atoms with Gasteiger partial charge in [-0.3, -0.25) is 0 Å². The van der Waals surface area contributed by atoms with Crippen LogP contribution in [0.3, 0.4) is 0 Å². The first-order valence-corrected chi connectivity index (χ1v) is 8.42. The maximum Gasteiger partial charge on any atom is 0.321 e. The number of amides is 2. The van der Waals surface area contributed by atoms with Crippen molar-refractivity contribution in [2.24, 2.45) is 5.92 Å². The van der Waals surface area contributed by atoms with E-state index in [1.807, 2.05) is 43.6 Å². The Morgan fingerprint density at radius 3 is 2.92 bits per heavy atom. The average Bonchev–Trinajstić information content (AvgIpc) is 3.04. The van der Waals surface area contributed by atoms with E-state index in [0.29, 0.717) is 11.6 Å². The molecule has 1 fully saturated rings. The number of anilines is 1. The Balaban J connectivity index is 1.55. The third-order valence-electron chi connectivity index (χ3n) is 4.46. The molecule has 0 unspecified atom stereocenters. The number of rotatable bonds is 4. The van der Waals surface area contributed by atoms with Crippen LogP contribution in [0.4, 0.5) is 10.5 Å². The first kappa shape index (κ1) is 16.5. The number of likely N-dealkylation sites (tertiary alicyclic amines) is 1. The summed E-state index contributed by atoms with van der Waals surface area (Å²) in [6, 6.07) is 9.76. The Morgan fingerprint density at radius 1 is 1.38 bits per heavy atom. The number of hydrogen-bond donors (Lipinski definition) is 1. The summed E-state index contributed by atoms with van der Waals surface area (Å²) in [5, 5.41) is 7.22. The van der Waals surface area contributed by atoms with Crippen molar-refractivity contribution < 1.29 is 4.79 Å². The van der Waals surface area contributed by atoms with Gasteiger partial charge in [-0.2, -0.15) is 5.10 Å². The van der Waals surface area contributed by atoms with E-state index < -0.39 is 0 Å². The predicted molar refractivity (Wildman–Crippen MR) is 95.4 cm³/mol. The van der Waals surface area contributed by atoms with E-state index in [0.717, 1.165) is 25.3 Å². The second kappa shape index (κ2) is 7.49. The first-order valence-electron chi connectivity index (χ1n) is 8.42. The largest absolute Gasteiger partial charge is 0.327 e. The third-order valence-corrected chi connectivity index (χ3v) is 4.46. The summed E-state index contributed by atoms with van der Waals surface area (Å²) in [4.78, 5) is 16.5. The van der Waals surface area contributed by atoms with Gasteiger partial charge in [-0.05, 0) is 44.5 Å². The minimum atomic E-state index is -0.0872. The molecule has 6 heteroatoms. The fourth-order valence-corrected chi connectivity index (χ4v) is 3.22. The fourth-order valence-electron chi connectivity index (χ4n) is 3.22. The van der Waals surface area contributed by atoms with Gasteiger partial charge in [0, 0.05) is 20.1 Å². The second-order valence-corrected chi connectivity index (χ2v) is 6.59. The van der Waals surface area contributed by atoms with Crippen molar-refractivity contribution >= 4 is 11.7 Å². The Kier molecular flexibility index (Phi) is 5.15. The Bertz CT molecular complexity index is 669. The van der Waals surface area contributed by atoms with Crippen molar-refractivity contribution in [3.63, 3.8) is 0 Å². The highest BCUT2D eigenvalue weighted by molar-refractivity contribution is 5.88. The first-order chi connectivity index (χ1) is 11.6. The van der Waals surface area contributed by atoms with Crippen molar-refractivity contribution in [2.45, 2.75) is 12.8 Å². The topological polar surface area (TPSA) is 53.4 Å². The third kappa shape index (κ3) is 4.14. The van der Waals surface area contributed by atoms with Crippen molar-refractivity contribution in [3.05, 3.63) is 42.7 Å². The molecule has 0 radical (unpaired) electrons. The molecule has 128 valence electrons. The summed E-state index contributed by atoms with van der Waals surface area (Å²) >= 11 is 0. The van der Waals surface area contributed by atoms with E-state index in [-0.39, 0.29) is 6.03 Å². The minimum absolute atomic E-state index is 0.0872. The van der Waals surface area contributed by atoms with Gasteiger partial charge >= 0.3 is 6.03 Å². The van der Waals surface area contributed by atoms with Gasteiger partial charge in [0.15, 0.2) is 0 Å². The number of piperidine rings is 1. The molecule has 2 aromatic rings. The lowest BCUT2D eigenvalue weighted by molar-refractivity contribution is 0.170. The number of benzene rings is 1. The second-order valence-electron chi connectivity index (χ2n) is 6.59. The molecule has 2 heterocycles. The van der Waals surface area contributed by atoms with E-state index >= 15 is 0 Å². The fraction of sp³-hybridized carbons (Fsp3) is 0.444. The maximum atomic E-state index is 12.4. The van der Waals surface area contributed by atoms with Crippen LogP contribution in [0.25, 0.3) is 5.69 Å². The number of nitrogens with zero attached hydrogens (tertiary/aromatic N) is 4. The molecule has 0 aliphatic carbocycles. The number of carbonyl (C=O) groups excluding carboxylic acids is 1. The molecule has 6 nitrogen and oxygen atoms in total. The van der Waals surface area contributed by atoms with Crippen LogP contribution in [0.1, 0.15) is 12.8 Å². The predicted octanol–water partition coefficient (Wildman–Crippen LogP) is 2.68. The number of para-hydroxylation sites is 1. The zero-order valence-corrected chi connectivity index (χ0v) is 14.4. The van der Waals surface area contributed by atoms with Crippen LogP contribution < -0.4 is 5.32 Å². The lowest BCUT2D eigenvalue weighted by Crippen LogP contribution is -2.41. The van der Waals surface area contributed by atoms with Crippen LogP contribution in [-0.4, -0.2) is 59.3 Å². The molecule has 1 aromatic carbocycles. The van der Waals surface area contributed by atoms with Gasteiger partial charge < -0.3 is 15.1 Å². The highest BCUT2D eigenvalue weighted by atomic mass is 16.2. The standard InChI is InChI=1S/C18H25N5O/c1-21-10-6-7-15(12-21)13-22(2)18(24)20-16-11-19-23(14-16)17-8-4-3-5-9-17/h3-5,8-9,11,14-15H,6-7,10,12-13H2,1-2H3,(H,20,24)/t15-/m0/s1. The Hall–Kier alpha value is -2.34. The van der Waals surface area contributed by atoms with Gasteiger partial charge in [-0.1, -0.05) is 18.2 Å². The number of urea groups is 1. The van der Waals surface area contributed by atoms with Gasteiger partial charge in [0.2, 0.25) is 0 Å². The van der Waals surface area contributed by atoms with Crippen molar-refractivity contribution in [1.29, 1.82) is 0 Å². The van der Waals surface area contributed by atoms with Crippen molar-refractivity contribution in [3.8, 4) is 5.69 Å². The van der Waals surface area contributed by atoms with Gasteiger partial charge in [-0.25, -0.2) is 9.48 Å². The number of hydrogen-bond acceptors (Lipinski definition) is 3. The van der Waals surface area contributed by atoms with E-state index in [1.165, 1.54) is 12.8 Å². The summed E-state index contributed by atoms with van der Waals surface area (Å²) in [5.74, 6) is 0.548. The van der Waals surface area contributed by atoms with Crippen LogP contribution >= 0.6 is 0 Å². The molecular formula is C18H25N5O. The molecule has 0 saturated carbocycles. The molecule has 1 N–H and O–H groups in total. The number of nitrogens with one attached hydrogen (secondary N) is 1. The summed E-state index contributed by atoms with van der Waals surface area (Å²) in [5.41, 5.74) is 1.67. The number of carbonyl (C=O) groups is 1. The summed E-state index contributed by atoms with van der Waals surface area (Å²) < 4.78 is 1.76. The van der Waals surface area contributed by atoms with E-state index in [9.17, 15) is 4.79 Å². The summed E-state index contributed by atoms with van der Waals surface area (Å²) in [6.45, 7) is 3.00. The summed E-state index contributed by atoms with van der Waals surface area (Å²) in [7, 11) is 4.00. The van der Waals surface area contributed by atoms with E-state index in [1.54, 1.807) is 15.8 Å². The summed E-state index contributed by atoms with van der Waals surface area (Å²) in [6.07, 6.45) is 5.90. The Labute approximate surface area is 143 Å². The van der Waals surface area contributed by atoms with E-state index in [4.69, 9.17) is 0 Å². The van der Waals surface area contributed by atoms with Crippen LogP contribution in [0.2, 0.25) is 0 Å². The normalized spacial score (nSPS) is 18.3. The van der Waals surface area contributed by atoms with Crippen molar-refractivity contribution in [1.82, 2.24) is 19.6 Å². The van der Waals surface area contributed by atoms with Gasteiger partial charge in [0.05, 0.1) is 23.8 Å². The SMILES string of the molecule is CN1CCC[C@H](CN(C)C(=O)Nc2cnn(-c3ccccc3)c2)C1. The molecule has 1 aliphatic heterocycles. The molecule has 24 heavy (non-hydrogen) atoms. The minimum Gasteiger partial charge on any atom is -0.327 e. The van der Waals surface area contributed by atoms with Crippen molar-refractivity contribution in [2.75, 3.05) is 39.0 Å². The average molecular weight is 327 g/mol. The molecule has 0 bridgehead atoms. The van der Waals surface area contributed by atoms with Gasteiger partial charge in [-0.15, -0.1) is 0 Å². The zero-order chi connectivity index (χ0) is 16.9. The van der Waals surface area contributed by atoms with Gasteiger partial charge in [0.1, 0.15) is 0 Å². The lowest BCUT2D eigenvalue weighted by Gasteiger charge is -2.32. The Morgan fingerprint density at radius 2 is 2.17 bits per heavy atom. The quantitative estimate of drug-likeness (QED) is 0.939. The van der Waals surface area contributed by atoms with E-state index in [2.05, 4.69) is 22.4 Å². The van der Waals surface area contributed by atoms with Crippen LogP contribution in [0.5, 0.6) is 0 Å². The highest BCUT2D eigenvalue weighted by Crippen LogP contribution is 2.17. The van der Waals surface area contributed by atoms with Gasteiger partial charge in [0.25, 0.3) is 0 Å². The number of aromatic nitrogens is 2. The molecule has 2 amide bonds. The molecule has 1 saturated heterocycles. The molecule has 1 aromatic heterocycles. The molecule has 0 spiro atoms. The molecule has 1 aliphatic rings. The smallest absolute Gasteiger partial charge is 0.321 e.